The summed E-state index contributed by atoms with van der Waals surface area (Å²) in [5.41, 5.74) is 2.21. The van der Waals surface area contributed by atoms with Gasteiger partial charge in [0.15, 0.2) is 5.82 Å². The predicted octanol–water partition coefficient (Wildman–Crippen LogP) is 0.746. The maximum Gasteiger partial charge on any atom is 0.293 e. The third-order valence-electron chi connectivity index (χ3n) is 5.99. The molecule has 1 saturated carbocycles. The Balaban J connectivity index is 1.19. The molecule has 0 N–H and O–H groups in total. The Bertz CT molecular complexity index is 1010. The van der Waals surface area contributed by atoms with Crippen molar-refractivity contribution in [2.75, 3.05) is 43.4 Å². The van der Waals surface area contributed by atoms with Gasteiger partial charge in [0.05, 0.1) is 12.2 Å². The molecule has 2 aromatic heterocycles. The number of fused-ring (bicyclic) bond motifs is 1. The first-order valence-corrected chi connectivity index (χ1v) is 11.6. The number of rotatable bonds is 5. The first-order chi connectivity index (χ1) is 14.2. The minimum Gasteiger partial charge on any atom is -0.349 e. The Kier molecular flexibility index (Phi) is 5.17. The summed E-state index contributed by atoms with van der Waals surface area (Å²) in [4.78, 5) is 33.8. The van der Waals surface area contributed by atoms with Crippen LogP contribution in [-0.4, -0.2) is 62.7 Å². The number of aryl methyl sites for hydroxylation is 1. The van der Waals surface area contributed by atoms with Gasteiger partial charge in [-0.3, -0.25) is 14.5 Å². The molecule has 8 nitrogen and oxygen atoms in total. The summed E-state index contributed by atoms with van der Waals surface area (Å²) < 4.78 is 3.45. The van der Waals surface area contributed by atoms with Crippen LogP contribution in [0.15, 0.2) is 28.0 Å². The van der Waals surface area contributed by atoms with Gasteiger partial charge < -0.3 is 9.47 Å². The van der Waals surface area contributed by atoms with Crippen LogP contribution in [0.1, 0.15) is 30.1 Å². The standard InChI is InChI=1S/C20H26N6O2S/c27-18-13-15-14-29-12-3-17(15)22-26(18)11-8-23-6-9-24(10-7-23)19-20(28)25(5-4-21-19)16-1-2-16/h4-5,13,16H,1-3,6-12,14H2. The van der Waals surface area contributed by atoms with E-state index in [1.165, 1.54) is 0 Å². The van der Waals surface area contributed by atoms with Crippen LogP contribution in [0.3, 0.4) is 0 Å². The highest BCUT2D eigenvalue weighted by molar-refractivity contribution is 7.98. The zero-order chi connectivity index (χ0) is 19.8. The van der Waals surface area contributed by atoms with Crippen molar-refractivity contribution in [3.8, 4) is 0 Å². The van der Waals surface area contributed by atoms with Gasteiger partial charge in [0.25, 0.3) is 11.1 Å². The lowest BCUT2D eigenvalue weighted by atomic mass is 10.2. The van der Waals surface area contributed by atoms with Crippen molar-refractivity contribution in [1.82, 2.24) is 24.2 Å². The summed E-state index contributed by atoms with van der Waals surface area (Å²) in [7, 11) is 0. The van der Waals surface area contributed by atoms with Crippen molar-refractivity contribution in [2.45, 2.75) is 37.6 Å². The highest BCUT2D eigenvalue weighted by atomic mass is 32.2. The maximum atomic E-state index is 12.7. The molecule has 0 amide bonds. The third-order valence-corrected chi connectivity index (χ3v) is 7.00. The lowest BCUT2D eigenvalue weighted by Crippen LogP contribution is -2.49. The second-order valence-corrected chi connectivity index (χ2v) is 9.11. The van der Waals surface area contributed by atoms with E-state index in [9.17, 15) is 9.59 Å². The quantitative estimate of drug-likeness (QED) is 0.714. The van der Waals surface area contributed by atoms with E-state index in [1.807, 2.05) is 22.5 Å². The molecular weight excluding hydrogens is 388 g/mol. The summed E-state index contributed by atoms with van der Waals surface area (Å²) in [6, 6.07) is 2.13. The zero-order valence-electron chi connectivity index (χ0n) is 16.5. The van der Waals surface area contributed by atoms with E-state index in [2.05, 4.69) is 19.9 Å². The first kappa shape index (κ1) is 18.9. The van der Waals surface area contributed by atoms with Gasteiger partial charge in [0.1, 0.15) is 0 Å². The molecule has 0 atom stereocenters. The van der Waals surface area contributed by atoms with Crippen LogP contribution in [0, 0.1) is 0 Å². The van der Waals surface area contributed by atoms with Gasteiger partial charge in [-0.15, -0.1) is 0 Å². The second-order valence-electron chi connectivity index (χ2n) is 8.00. The van der Waals surface area contributed by atoms with E-state index < -0.39 is 0 Å². The highest BCUT2D eigenvalue weighted by Crippen LogP contribution is 2.33. The van der Waals surface area contributed by atoms with Crippen LogP contribution in [0.4, 0.5) is 5.82 Å². The minimum atomic E-state index is -0.000927. The van der Waals surface area contributed by atoms with E-state index in [1.54, 1.807) is 16.9 Å². The summed E-state index contributed by atoms with van der Waals surface area (Å²) in [5, 5.41) is 4.60. The number of thioether (sulfide) groups is 1. The zero-order valence-corrected chi connectivity index (χ0v) is 17.3. The second kappa shape index (κ2) is 7.95. The molecule has 0 unspecified atom stereocenters. The summed E-state index contributed by atoms with van der Waals surface area (Å²) in [6.45, 7) is 4.67. The van der Waals surface area contributed by atoms with Crippen molar-refractivity contribution >= 4 is 17.6 Å². The molecular formula is C20H26N6O2S. The largest absolute Gasteiger partial charge is 0.349 e. The monoisotopic (exact) mass is 414 g/mol. The number of piperazine rings is 1. The number of aromatic nitrogens is 4. The van der Waals surface area contributed by atoms with E-state index in [-0.39, 0.29) is 11.1 Å². The summed E-state index contributed by atoms with van der Waals surface area (Å²) in [5.74, 6) is 2.55. The fourth-order valence-corrected chi connectivity index (χ4v) is 5.06. The lowest BCUT2D eigenvalue weighted by Gasteiger charge is -2.35. The number of hydrogen-bond acceptors (Lipinski definition) is 7. The van der Waals surface area contributed by atoms with Gasteiger partial charge in [-0.1, -0.05) is 0 Å². The molecule has 0 spiro atoms. The molecule has 1 aliphatic carbocycles. The molecule has 2 fully saturated rings. The van der Waals surface area contributed by atoms with Gasteiger partial charge in [0, 0.05) is 69.4 Å². The first-order valence-electron chi connectivity index (χ1n) is 10.4. The molecule has 9 heteroatoms. The topological polar surface area (TPSA) is 76.3 Å². The van der Waals surface area contributed by atoms with Crippen LogP contribution in [0.5, 0.6) is 0 Å². The van der Waals surface area contributed by atoms with Gasteiger partial charge in [-0.05, 0) is 24.2 Å². The fourth-order valence-electron chi connectivity index (χ4n) is 4.10. The molecule has 0 aromatic carbocycles. The Labute approximate surface area is 173 Å². The fraction of sp³-hybridized carbons (Fsp3) is 0.600. The SMILES string of the molecule is O=c1c(N2CCN(CCn3nc4c(cc3=O)CSCC4)CC2)nccn1C1CC1. The van der Waals surface area contributed by atoms with Crippen molar-refractivity contribution in [2.24, 2.45) is 0 Å². The molecule has 1 saturated heterocycles. The van der Waals surface area contributed by atoms with Crippen LogP contribution < -0.4 is 16.0 Å². The molecule has 5 rings (SSSR count). The number of anilines is 1. The molecule has 0 radical (unpaired) electrons. The Morgan fingerprint density at radius 1 is 1.10 bits per heavy atom. The van der Waals surface area contributed by atoms with Crippen LogP contribution >= 0.6 is 11.8 Å². The van der Waals surface area contributed by atoms with E-state index in [4.69, 9.17) is 0 Å². The molecule has 2 aromatic rings. The van der Waals surface area contributed by atoms with Crippen molar-refractivity contribution in [3.63, 3.8) is 0 Å². The van der Waals surface area contributed by atoms with Gasteiger partial charge in [0.2, 0.25) is 0 Å². The third kappa shape index (κ3) is 3.98. The highest BCUT2D eigenvalue weighted by Gasteiger charge is 2.27. The van der Waals surface area contributed by atoms with E-state index in [0.29, 0.717) is 18.4 Å². The smallest absolute Gasteiger partial charge is 0.293 e. The van der Waals surface area contributed by atoms with E-state index in [0.717, 1.165) is 74.7 Å². The molecule has 2 aliphatic heterocycles. The van der Waals surface area contributed by atoms with Gasteiger partial charge >= 0.3 is 0 Å². The molecule has 4 heterocycles. The molecule has 29 heavy (non-hydrogen) atoms. The van der Waals surface area contributed by atoms with Crippen molar-refractivity contribution in [1.29, 1.82) is 0 Å². The van der Waals surface area contributed by atoms with Crippen LogP contribution in [0.2, 0.25) is 0 Å². The Morgan fingerprint density at radius 2 is 1.93 bits per heavy atom. The molecule has 0 bridgehead atoms. The summed E-state index contributed by atoms with van der Waals surface area (Å²) in [6.07, 6.45) is 6.68. The van der Waals surface area contributed by atoms with Crippen molar-refractivity contribution < 1.29 is 0 Å². The predicted molar refractivity (Wildman–Crippen MR) is 114 cm³/mol. The lowest BCUT2D eigenvalue weighted by molar-refractivity contribution is 0.241. The summed E-state index contributed by atoms with van der Waals surface area (Å²) >= 11 is 1.86. The normalized spacial score (nSPS) is 19.9. The van der Waals surface area contributed by atoms with Crippen LogP contribution in [-0.2, 0) is 18.7 Å². The van der Waals surface area contributed by atoms with Crippen LogP contribution in [0.25, 0.3) is 0 Å². The average Bonchev–Trinajstić information content (AvgIpc) is 3.58. The molecule has 3 aliphatic rings. The van der Waals surface area contributed by atoms with Gasteiger partial charge in [-0.25, -0.2) is 9.67 Å². The molecule has 154 valence electrons. The van der Waals surface area contributed by atoms with Crippen molar-refractivity contribution in [3.05, 3.63) is 50.4 Å². The average molecular weight is 415 g/mol. The number of hydrogen-bond donors (Lipinski definition) is 0. The Morgan fingerprint density at radius 3 is 2.72 bits per heavy atom. The maximum absolute atomic E-state index is 12.7. The number of nitrogens with zero attached hydrogens (tertiary/aromatic N) is 6. The van der Waals surface area contributed by atoms with E-state index >= 15 is 0 Å². The Hall–Kier alpha value is -2.13. The minimum absolute atomic E-state index is 0.000927. The van der Waals surface area contributed by atoms with Gasteiger partial charge in [-0.2, -0.15) is 16.9 Å².